The zero-order valence-corrected chi connectivity index (χ0v) is 9.93. The Hall–Kier alpha value is -2.04. The Balaban J connectivity index is 2.36. The van der Waals surface area contributed by atoms with Crippen molar-refractivity contribution in [2.45, 2.75) is 13.3 Å². The van der Waals surface area contributed by atoms with Crippen LogP contribution in [0.3, 0.4) is 0 Å². The molecule has 1 aromatic carbocycles. The van der Waals surface area contributed by atoms with Crippen molar-refractivity contribution in [3.63, 3.8) is 0 Å². The second-order valence-corrected chi connectivity index (χ2v) is 3.51. The topological polar surface area (TPSA) is 70.9 Å². The molecule has 0 aromatic heterocycles. The molecule has 2 N–H and O–H groups in total. The third-order valence-corrected chi connectivity index (χ3v) is 2.24. The fourth-order valence-electron chi connectivity index (χ4n) is 1.21. The monoisotopic (exact) mass is 236 g/mol. The Morgan fingerprint density at radius 3 is 2.59 bits per heavy atom. The Kier molecular flexibility index (Phi) is 5.00. The van der Waals surface area contributed by atoms with E-state index < -0.39 is 5.97 Å². The molecular weight excluding hydrogens is 220 g/mol. The van der Waals surface area contributed by atoms with Crippen LogP contribution in [0.25, 0.3) is 0 Å². The summed E-state index contributed by atoms with van der Waals surface area (Å²) in [5.74, 6) is -0.191. The van der Waals surface area contributed by atoms with Crippen molar-refractivity contribution in [3.8, 4) is 5.75 Å². The van der Waals surface area contributed by atoms with Crippen LogP contribution >= 0.6 is 0 Å². The average molecular weight is 236 g/mol. The largest absolute Gasteiger partial charge is 0.497 e. The number of methoxy groups -OCH3 is 1. The van der Waals surface area contributed by atoms with E-state index in [9.17, 15) is 4.79 Å². The molecule has 0 aliphatic heterocycles. The Bertz CT molecular complexity index is 399. The van der Waals surface area contributed by atoms with Gasteiger partial charge in [0.15, 0.2) is 0 Å². The molecule has 17 heavy (non-hydrogen) atoms. The Morgan fingerprint density at radius 1 is 1.41 bits per heavy atom. The van der Waals surface area contributed by atoms with Gasteiger partial charge >= 0.3 is 5.97 Å². The molecule has 0 fully saturated rings. The zero-order chi connectivity index (χ0) is 12.7. The molecule has 92 valence electrons. The second-order valence-electron chi connectivity index (χ2n) is 3.51. The highest BCUT2D eigenvalue weighted by molar-refractivity contribution is 6.34. The number of hydrazone groups is 1. The Labute approximate surface area is 100 Å². The molecule has 1 aromatic rings. The predicted molar refractivity (Wildman–Crippen MR) is 65.4 cm³/mol. The number of carbonyl (C=O) groups is 1. The maximum atomic E-state index is 10.4. The summed E-state index contributed by atoms with van der Waals surface area (Å²) in [4.78, 5) is 10.4. The van der Waals surface area contributed by atoms with E-state index in [1.165, 1.54) is 6.92 Å². The van der Waals surface area contributed by atoms with Crippen LogP contribution in [-0.2, 0) is 11.2 Å². The van der Waals surface area contributed by atoms with Crippen LogP contribution in [0, 0.1) is 0 Å². The number of aliphatic carboxylic acids is 1. The van der Waals surface area contributed by atoms with Gasteiger partial charge in [-0.3, -0.25) is 0 Å². The third-order valence-electron chi connectivity index (χ3n) is 2.24. The summed E-state index contributed by atoms with van der Waals surface area (Å²) in [6, 6.07) is 7.71. The first-order valence-electron chi connectivity index (χ1n) is 5.27. The molecule has 0 saturated carbocycles. The van der Waals surface area contributed by atoms with Crippen LogP contribution in [-0.4, -0.2) is 30.4 Å². The first kappa shape index (κ1) is 13.0. The lowest BCUT2D eigenvalue weighted by Crippen LogP contribution is -2.17. The van der Waals surface area contributed by atoms with E-state index >= 15 is 0 Å². The molecule has 0 bridgehead atoms. The van der Waals surface area contributed by atoms with Gasteiger partial charge < -0.3 is 15.3 Å². The average Bonchev–Trinajstić information content (AvgIpc) is 2.35. The lowest BCUT2D eigenvalue weighted by Gasteiger charge is -2.03. The minimum absolute atomic E-state index is 0.0553. The van der Waals surface area contributed by atoms with Crippen molar-refractivity contribution in [1.29, 1.82) is 0 Å². The fourth-order valence-corrected chi connectivity index (χ4v) is 1.21. The number of hydrogen-bond donors (Lipinski definition) is 2. The maximum absolute atomic E-state index is 10.4. The summed E-state index contributed by atoms with van der Waals surface area (Å²) in [6.07, 6.45) is 0.778. The molecule has 0 amide bonds. The van der Waals surface area contributed by atoms with Gasteiger partial charge in [-0.2, -0.15) is 5.10 Å². The van der Waals surface area contributed by atoms with E-state index in [2.05, 4.69) is 10.5 Å². The van der Waals surface area contributed by atoms with Crippen molar-refractivity contribution >= 4 is 11.7 Å². The van der Waals surface area contributed by atoms with Crippen LogP contribution in [0.4, 0.5) is 0 Å². The third kappa shape index (κ3) is 4.55. The molecule has 0 spiro atoms. The lowest BCUT2D eigenvalue weighted by molar-refractivity contribution is -0.129. The molecule has 1 rings (SSSR count). The van der Waals surface area contributed by atoms with Crippen molar-refractivity contribution in [2.24, 2.45) is 5.10 Å². The van der Waals surface area contributed by atoms with Gasteiger partial charge in [-0.15, -0.1) is 0 Å². The minimum Gasteiger partial charge on any atom is -0.497 e. The normalized spacial score (nSPS) is 11.1. The van der Waals surface area contributed by atoms with Crippen LogP contribution in [0.5, 0.6) is 5.75 Å². The summed E-state index contributed by atoms with van der Waals surface area (Å²) in [6.45, 7) is 2.04. The van der Waals surface area contributed by atoms with Crippen LogP contribution < -0.4 is 10.2 Å². The molecule has 0 atom stereocenters. The van der Waals surface area contributed by atoms with E-state index in [1.807, 2.05) is 24.3 Å². The SMILES string of the molecule is COc1ccc(CCNN=C(C)C(=O)O)cc1. The van der Waals surface area contributed by atoms with Gasteiger partial charge in [0.1, 0.15) is 11.5 Å². The molecule has 0 heterocycles. The number of benzene rings is 1. The van der Waals surface area contributed by atoms with Gasteiger partial charge in [0.25, 0.3) is 0 Å². The zero-order valence-electron chi connectivity index (χ0n) is 9.93. The van der Waals surface area contributed by atoms with Crippen molar-refractivity contribution in [3.05, 3.63) is 29.8 Å². The fraction of sp³-hybridized carbons (Fsp3) is 0.333. The highest BCUT2D eigenvalue weighted by Crippen LogP contribution is 2.11. The van der Waals surface area contributed by atoms with E-state index in [0.717, 1.165) is 17.7 Å². The number of hydrogen-bond acceptors (Lipinski definition) is 4. The highest BCUT2D eigenvalue weighted by Gasteiger charge is 2.00. The summed E-state index contributed by atoms with van der Waals surface area (Å²) in [7, 11) is 1.62. The lowest BCUT2D eigenvalue weighted by atomic mass is 10.1. The van der Waals surface area contributed by atoms with Gasteiger partial charge in [0, 0.05) is 6.54 Å². The van der Waals surface area contributed by atoms with Crippen molar-refractivity contribution < 1.29 is 14.6 Å². The first-order chi connectivity index (χ1) is 8.13. The molecule has 0 saturated heterocycles. The number of carboxylic acid groups (broad SMARTS) is 1. The number of carboxylic acids is 1. The van der Waals surface area contributed by atoms with Crippen LogP contribution in [0.2, 0.25) is 0 Å². The maximum Gasteiger partial charge on any atom is 0.351 e. The van der Waals surface area contributed by atoms with Gasteiger partial charge in [0.05, 0.1) is 7.11 Å². The molecular formula is C12H16N2O3. The van der Waals surface area contributed by atoms with E-state index in [4.69, 9.17) is 9.84 Å². The molecule has 5 heteroatoms. The molecule has 0 aliphatic rings. The standard InChI is InChI=1S/C12H16N2O3/c1-9(12(15)16)14-13-8-7-10-3-5-11(17-2)6-4-10/h3-6,13H,7-8H2,1-2H3,(H,15,16). The van der Waals surface area contributed by atoms with Gasteiger partial charge in [-0.1, -0.05) is 12.1 Å². The molecule has 0 unspecified atom stereocenters. The minimum atomic E-state index is -1.01. The summed E-state index contributed by atoms with van der Waals surface area (Å²) < 4.78 is 5.05. The molecule has 0 aliphatic carbocycles. The van der Waals surface area contributed by atoms with Crippen molar-refractivity contribution in [1.82, 2.24) is 5.43 Å². The second kappa shape index (κ2) is 6.52. The number of nitrogens with zero attached hydrogens (tertiary/aromatic N) is 1. The molecule has 0 radical (unpaired) electrons. The number of ether oxygens (including phenoxy) is 1. The number of rotatable bonds is 6. The van der Waals surface area contributed by atoms with Crippen molar-refractivity contribution in [2.75, 3.05) is 13.7 Å². The summed E-state index contributed by atoms with van der Waals surface area (Å²) in [5.41, 5.74) is 3.92. The van der Waals surface area contributed by atoms with E-state index in [-0.39, 0.29) is 5.71 Å². The van der Waals surface area contributed by atoms with Gasteiger partial charge in [0.2, 0.25) is 0 Å². The number of nitrogens with one attached hydrogen (secondary N) is 1. The van der Waals surface area contributed by atoms with E-state index in [1.54, 1.807) is 7.11 Å². The first-order valence-corrected chi connectivity index (χ1v) is 5.27. The Morgan fingerprint density at radius 2 is 2.06 bits per heavy atom. The summed E-state index contributed by atoms with van der Waals surface area (Å²) in [5, 5.41) is 12.3. The van der Waals surface area contributed by atoms with Gasteiger partial charge in [-0.25, -0.2) is 4.79 Å². The highest BCUT2D eigenvalue weighted by atomic mass is 16.5. The van der Waals surface area contributed by atoms with Crippen LogP contribution in [0.1, 0.15) is 12.5 Å². The summed E-state index contributed by atoms with van der Waals surface area (Å²) >= 11 is 0. The van der Waals surface area contributed by atoms with Gasteiger partial charge in [-0.05, 0) is 31.0 Å². The molecule has 5 nitrogen and oxygen atoms in total. The van der Waals surface area contributed by atoms with Crippen LogP contribution in [0.15, 0.2) is 29.4 Å². The predicted octanol–water partition coefficient (Wildman–Crippen LogP) is 1.29. The smallest absolute Gasteiger partial charge is 0.351 e. The van der Waals surface area contributed by atoms with E-state index in [0.29, 0.717) is 6.54 Å². The quantitative estimate of drug-likeness (QED) is 0.443.